The number of ether oxygens (including phenoxy) is 2. The van der Waals surface area contributed by atoms with Crippen molar-refractivity contribution in [2.75, 3.05) is 32.6 Å². The summed E-state index contributed by atoms with van der Waals surface area (Å²) in [5.74, 6) is 0.734. The number of carbonyl (C=O) groups is 1. The second kappa shape index (κ2) is 9.59. The highest BCUT2D eigenvalue weighted by Crippen LogP contribution is 2.33. The van der Waals surface area contributed by atoms with Crippen LogP contribution in [-0.2, 0) is 10.0 Å². The SMILES string of the molecule is COc1ccc(-c2nnc(NC(=O)c3ccc(S(=O)(=O)N4CCCCC4)cc3)o2)c(OC)c1. The molecule has 1 aliphatic rings. The molecular formula is C22H24N4O6S. The molecule has 1 saturated heterocycles. The molecule has 1 aromatic heterocycles. The normalized spacial score (nSPS) is 14.6. The van der Waals surface area contributed by atoms with E-state index < -0.39 is 15.9 Å². The van der Waals surface area contributed by atoms with Crippen LogP contribution in [0.4, 0.5) is 6.01 Å². The molecule has 0 spiro atoms. The molecule has 4 rings (SSSR count). The Balaban J connectivity index is 1.47. The van der Waals surface area contributed by atoms with Crippen LogP contribution in [0.15, 0.2) is 51.8 Å². The molecule has 10 nitrogen and oxygen atoms in total. The van der Waals surface area contributed by atoms with E-state index in [1.54, 1.807) is 25.3 Å². The van der Waals surface area contributed by atoms with E-state index in [9.17, 15) is 13.2 Å². The van der Waals surface area contributed by atoms with Crippen LogP contribution in [0, 0.1) is 0 Å². The first-order valence-electron chi connectivity index (χ1n) is 10.4. The van der Waals surface area contributed by atoms with Gasteiger partial charge in [-0.3, -0.25) is 10.1 Å². The Hall–Kier alpha value is -3.44. The largest absolute Gasteiger partial charge is 0.497 e. The highest BCUT2D eigenvalue weighted by Gasteiger charge is 2.26. The van der Waals surface area contributed by atoms with E-state index in [0.717, 1.165) is 19.3 Å². The Morgan fingerprint density at radius 1 is 1.00 bits per heavy atom. The van der Waals surface area contributed by atoms with Crippen molar-refractivity contribution in [3.05, 3.63) is 48.0 Å². The average Bonchev–Trinajstić information content (AvgIpc) is 3.32. The number of aromatic nitrogens is 2. The van der Waals surface area contributed by atoms with E-state index in [-0.39, 0.29) is 22.4 Å². The van der Waals surface area contributed by atoms with Crippen LogP contribution in [0.2, 0.25) is 0 Å². The number of anilines is 1. The summed E-state index contributed by atoms with van der Waals surface area (Å²) in [5, 5.41) is 10.3. The molecule has 3 aromatic rings. The number of nitrogens with one attached hydrogen (secondary N) is 1. The molecular weight excluding hydrogens is 448 g/mol. The first kappa shape index (κ1) is 22.7. The van der Waals surface area contributed by atoms with Crippen LogP contribution in [-0.4, -0.2) is 56.1 Å². The average molecular weight is 473 g/mol. The fourth-order valence-corrected chi connectivity index (χ4v) is 5.08. The zero-order valence-corrected chi connectivity index (χ0v) is 19.1. The highest BCUT2D eigenvalue weighted by atomic mass is 32.2. The van der Waals surface area contributed by atoms with Crippen molar-refractivity contribution in [2.45, 2.75) is 24.2 Å². The standard InChI is InChI=1S/C22H24N4O6S/c1-30-16-8-11-18(19(14-16)31-2)21-24-25-22(32-21)23-20(27)15-6-9-17(10-7-15)33(28,29)26-12-4-3-5-13-26/h6-11,14H,3-5,12-13H2,1-2H3,(H,23,25,27). The number of sulfonamides is 1. The molecule has 2 heterocycles. The van der Waals surface area contributed by atoms with Gasteiger partial charge in [-0.25, -0.2) is 8.42 Å². The van der Waals surface area contributed by atoms with Crippen LogP contribution >= 0.6 is 0 Å². The maximum atomic E-state index is 12.8. The first-order chi connectivity index (χ1) is 15.9. The summed E-state index contributed by atoms with van der Waals surface area (Å²) in [6.45, 7) is 1.03. The molecule has 0 unspecified atom stereocenters. The summed E-state index contributed by atoms with van der Waals surface area (Å²) in [6.07, 6.45) is 2.75. The molecule has 1 fully saturated rings. The molecule has 0 saturated carbocycles. The number of nitrogens with zero attached hydrogens (tertiary/aromatic N) is 3. The third-order valence-corrected chi connectivity index (χ3v) is 7.27. The number of hydrogen-bond acceptors (Lipinski definition) is 8. The van der Waals surface area contributed by atoms with Gasteiger partial charge in [-0.15, -0.1) is 5.10 Å². The van der Waals surface area contributed by atoms with Crippen LogP contribution in [0.1, 0.15) is 29.6 Å². The predicted molar refractivity (Wildman–Crippen MR) is 120 cm³/mol. The van der Waals surface area contributed by atoms with Gasteiger partial charge in [0, 0.05) is 24.7 Å². The number of rotatable bonds is 7. The van der Waals surface area contributed by atoms with Gasteiger partial charge < -0.3 is 13.9 Å². The Labute approximate surface area is 191 Å². The predicted octanol–water partition coefficient (Wildman–Crippen LogP) is 3.18. The summed E-state index contributed by atoms with van der Waals surface area (Å²) in [4.78, 5) is 12.7. The summed E-state index contributed by atoms with van der Waals surface area (Å²) in [5.41, 5.74) is 0.799. The quantitative estimate of drug-likeness (QED) is 0.556. The van der Waals surface area contributed by atoms with Gasteiger partial charge >= 0.3 is 6.01 Å². The van der Waals surface area contributed by atoms with E-state index in [2.05, 4.69) is 15.5 Å². The second-order valence-electron chi connectivity index (χ2n) is 7.42. The van der Waals surface area contributed by atoms with Crippen molar-refractivity contribution in [1.82, 2.24) is 14.5 Å². The van der Waals surface area contributed by atoms with Crippen molar-refractivity contribution in [2.24, 2.45) is 0 Å². The van der Waals surface area contributed by atoms with Crippen LogP contribution in [0.3, 0.4) is 0 Å². The Morgan fingerprint density at radius 3 is 2.39 bits per heavy atom. The summed E-state index contributed by atoms with van der Waals surface area (Å²) < 4.78 is 43.1. The van der Waals surface area contributed by atoms with Gasteiger partial charge in [0.1, 0.15) is 11.5 Å². The monoisotopic (exact) mass is 472 g/mol. The molecule has 11 heteroatoms. The Morgan fingerprint density at radius 2 is 1.73 bits per heavy atom. The van der Waals surface area contributed by atoms with Crippen LogP contribution < -0.4 is 14.8 Å². The highest BCUT2D eigenvalue weighted by molar-refractivity contribution is 7.89. The van der Waals surface area contributed by atoms with Gasteiger partial charge in [0.25, 0.3) is 11.8 Å². The maximum absolute atomic E-state index is 12.8. The summed E-state index contributed by atoms with van der Waals surface area (Å²) >= 11 is 0. The van der Waals surface area contributed by atoms with Crippen molar-refractivity contribution in [3.63, 3.8) is 0 Å². The molecule has 1 N–H and O–H groups in total. The number of amides is 1. The Bertz CT molecular complexity index is 1230. The van der Waals surface area contributed by atoms with Crippen LogP contribution in [0.25, 0.3) is 11.5 Å². The smallest absolute Gasteiger partial charge is 0.322 e. The zero-order chi connectivity index (χ0) is 23.4. The second-order valence-corrected chi connectivity index (χ2v) is 9.36. The minimum absolute atomic E-state index is 0.0992. The lowest BCUT2D eigenvalue weighted by Gasteiger charge is -2.25. The van der Waals surface area contributed by atoms with Gasteiger partial charge in [0.15, 0.2) is 0 Å². The van der Waals surface area contributed by atoms with E-state index in [4.69, 9.17) is 13.9 Å². The fraction of sp³-hybridized carbons (Fsp3) is 0.318. The molecule has 1 amide bonds. The minimum atomic E-state index is -3.56. The fourth-order valence-electron chi connectivity index (χ4n) is 3.56. The van der Waals surface area contributed by atoms with E-state index in [1.807, 2.05) is 0 Å². The number of piperidine rings is 1. The maximum Gasteiger partial charge on any atom is 0.322 e. The number of benzene rings is 2. The third-order valence-electron chi connectivity index (χ3n) is 5.35. The Kier molecular flexibility index (Phi) is 6.61. The van der Waals surface area contributed by atoms with Crippen molar-refractivity contribution < 1.29 is 27.1 Å². The van der Waals surface area contributed by atoms with E-state index >= 15 is 0 Å². The minimum Gasteiger partial charge on any atom is -0.497 e. The van der Waals surface area contributed by atoms with E-state index in [1.165, 1.54) is 35.7 Å². The molecule has 33 heavy (non-hydrogen) atoms. The molecule has 174 valence electrons. The topological polar surface area (TPSA) is 124 Å². The lowest BCUT2D eigenvalue weighted by atomic mass is 10.2. The lowest BCUT2D eigenvalue weighted by molar-refractivity contribution is 0.102. The molecule has 0 bridgehead atoms. The van der Waals surface area contributed by atoms with Crippen molar-refractivity contribution in [1.29, 1.82) is 0 Å². The lowest BCUT2D eigenvalue weighted by Crippen LogP contribution is -2.35. The third kappa shape index (κ3) is 4.83. The van der Waals surface area contributed by atoms with Crippen molar-refractivity contribution in [3.8, 4) is 23.0 Å². The van der Waals surface area contributed by atoms with Gasteiger partial charge in [0.05, 0.1) is 24.7 Å². The first-order valence-corrected chi connectivity index (χ1v) is 11.8. The van der Waals surface area contributed by atoms with Crippen molar-refractivity contribution >= 4 is 21.9 Å². The van der Waals surface area contributed by atoms with Gasteiger partial charge in [0.2, 0.25) is 10.0 Å². The molecule has 0 atom stereocenters. The molecule has 0 radical (unpaired) electrons. The van der Waals surface area contributed by atoms with Gasteiger partial charge in [-0.1, -0.05) is 11.5 Å². The zero-order valence-electron chi connectivity index (χ0n) is 18.3. The molecule has 0 aliphatic carbocycles. The number of methoxy groups -OCH3 is 2. The van der Waals surface area contributed by atoms with Gasteiger partial charge in [-0.2, -0.15) is 4.31 Å². The molecule has 1 aliphatic heterocycles. The van der Waals surface area contributed by atoms with Gasteiger partial charge in [-0.05, 0) is 49.2 Å². The van der Waals surface area contributed by atoms with E-state index in [0.29, 0.717) is 30.2 Å². The molecule has 2 aromatic carbocycles. The summed E-state index contributed by atoms with van der Waals surface area (Å²) in [7, 11) is -0.510. The van der Waals surface area contributed by atoms with Crippen LogP contribution in [0.5, 0.6) is 11.5 Å². The summed E-state index contributed by atoms with van der Waals surface area (Å²) in [6, 6.07) is 10.8. The number of hydrogen-bond donors (Lipinski definition) is 1. The number of carbonyl (C=O) groups excluding carboxylic acids is 1.